The number of pyridine rings is 2. The van der Waals surface area contributed by atoms with Crippen LogP contribution < -0.4 is 10.7 Å². The summed E-state index contributed by atoms with van der Waals surface area (Å²) in [7, 11) is 0. The number of benzene rings is 1. The van der Waals surface area contributed by atoms with Gasteiger partial charge in [0.25, 0.3) is 5.91 Å². The maximum Gasteiger partial charge on any atom is 0.257 e. The van der Waals surface area contributed by atoms with Crippen LogP contribution in [0.25, 0.3) is 10.9 Å². The second-order valence-corrected chi connectivity index (χ2v) is 6.15. The molecule has 0 bridgehead atoms. The van der Waals surface area contributed by atoms with Crippen LogP contribution in [-0.4, -0.2) is 15.5 Å². The fourth-order valence-electron chi connectivity index (χ4n) is 3.35. The number of carbonyl (C=O) groups excluding carboxylic acids is 1. The number of rotatable bonds is 3. The van der Waals surface area contributed by atoms with E-state index in [1.165, 1.54) is 0 Å². The van der Waals surface area contributed by atoms with Gasteiger partial charge in [-0.05, 0) is 37.1 Å². The van der Waals surface area contributed by atoms with Crippen LogP contribution in [0.1, 0.15) is 34.6 Å². The first-order chi connectivity index (χ1) is 11.6. The Labute approximate surface area is 139 Å². The van der Waals surface area contributed by atoms with Crippen LogP contribution in [0.3, 0.4) is 0 Å². The molecule has 0 spiro atoms. The van der Waals surface area contributed by atoms with Crippen molar-refractivity contribution in [3.63, 3.8) is 0 Å². The van der Waals surface area contributed by atoms with Crippen molar-refractivity contribution in [2.45, 2.75) is 25.9 Å². The maximum atomic E-state index is 12.7. The highest BCUT2D eigenvalue weighted by Gasteiger charge is 2.24. The van der Waals surface area contributed by atoms with Gasteiger partial charge in [0.2, 0.25) is 5.43 Å². The average Bonchev–Trinajstić information content (AvgIpc) is 2.93. The van der Waals surface area contributed by atoms with Gasteiger partial charge in [-0.2, -0.15) is 0 Å². The fourth-order valence-corrected chi connectivity index (χ4v) is 3.35. The van der Waals surface area contributed by atoms with Gasteiger partial charge >= 0.3 is 0 Å². The van der Waals surface area contributed by atoms with E-state index >= 15 is 0 Å². The van der Waals surface area contributed by atoms with Gasteiger partial charge in [0.1, 0.15) is 5.56 Å². The molecule has 0 fully saturated rings. The normalized spacial score (nSPS) is 15.6. The Morgan fingerprint density at radius 2 is 2.17 bits per heavy atom. The molecule has 0 aliphatic carbocycles. The van der Waals surface area contributed by atoms with Gasteiger partial charge in [0, 0.05) is 23.8 Å². The molecule has 1 N–H and O–H groups in total. The largest absolute Gasteiger partial charge is 0.346 e. The molecule has 0 saturated carbocycles. The van der Waals surface area contributed by atoms with Crippen molar-refractivity contribution in [3.8, 4) is 0 Å². The molecular formula is C19H17N3O2. The van der Waals surface area contributed by atoms with Crippen LogP contribution in [0.15, 0.2) is 53.6 Å². The smallest absolute Gasteiger partial charge is 0.257 e. The molecule has 0 saturated heterocycles. The molecule has 120 valence electrons. The predicted molar refractivity (Wildman–Crippen MR) is 92.0 cm³/mol. The van der Waals surface area contributed by atoms with Gasteiger partial charge in [-0.1, -0.05) is 18.2 Å². The molecular weight excluding hydrogens is 302 g/mol. The van der Waals surface area contributed by atoms with Crippen molar-refractivity contribution in [2.24, 2.45) is 0 Å². The first kappa shape index (κ1) is 14.6. The van der Waals surface area contributed by atoms with Crippen LogP contribution in [0, 0.1) is 0 Å². The third-order valence-electron chi connectivity index (χ3n) is 4.53. The quantitative estimate of drug-likeness (QED) is 0.806. The number of para-hydroxylation sites is 1. The van der Waals surface area contributed by atoms with E-state index in [-0.39, 0.29) is 22.9 Å². The number of nitrogens with zero attached hydrogens (tertiary/aromatic N) is 2. The summed E-state index contributed by atoms with van der Waals surface area (Å²) in [5.41, 5.74) is 2.85. The van der Waals surface area contributed by atoms with E-state index in [1.807, 2.05) is 34.9 Å². The summed E-state index contributed by atoms with van der Waals surface area (Å²) in [4.78, 5) is 29.4. The third-order valence-corrected chi connectivity index (χ3v) is 4.53. The number of hydrogen-bond donors (Lipinski definition) is 1. The Bertz CT molecular complexity index is 993. The molecule has 1 atom stereocenters. The third kappa shape index (κ3) is 2.29. The maximum absolute atomic E-state index is 12.7. The average molecular weight is 319 g/mol. The van der Waals surface area contributed by atoms with Gasteiger partial charge < -0.3 is 9.88 Å². The van der Waals surface area contributed by atoms with Crippen molar-refractivity contribution < 1.29 is 4.79 Å². The zero-order valence-corrected chi connectivity index (χ0v) is 13.3. The van der Waals surface area contributed by atoms with Crippen LogP contribution >= 0.6 is 0 Å². The summed E-state index contributed by atoms with van der Waals surface area (Å²) in [5, 5.41) is 3.40. The molecule has 1 unspecified atom stereocenters. The number of carbonyl (C=O) groups is 1. The number of amides is 1. The molecule has 1 aromatic carbocycles. The molecule has 24 heavy (non-hydrogen) atoms. The summed E-state index contributed by atoms with van der Waals surface area (Å²) in [6.07, 6.45) is 4.26. The topological polar surface area (TPSA) is 64.0 Å². The van der Waals surface area contributed by atoms with Crippen molar-refractivity contribution >= 4 is 16.8 Å². The highest BCUT2D eigenvalue weighted by molar-refractivity contribution is 5.98. The molecule has 5 nitrogen and oxygen atoms in total. The molecule has 4 rings (SSSR count). The van der Waals surface area contributed by atoms with E-state index in [0.717, 1.165) is 23.2 Å². The Hall–Kier alpha value is -2.95. The minimum absolute atomic E-state index is 0.185. The van der Waals surface area contributed by atoms with Crippen molar-refractivity contribution in [1.82, 2.24) is 14.9 Å². The zero-order valence-electron chi connectivity index (χ0n) is 13.3. The van der Waals surface area contributed by atoms with Crippen molar-refractivity contribution in [3.05, 3.63) is 75.8 Å². The van der Waals surface area contributed by atoms with E-state index in [1.54, 1.807) is 18.5 Å². The lowest BCUT2D eigenvalue weighted by atomic mass is 10.1. The standard InChI is InChI=1S/C19H17N3O2/c1-12-9-13-5-4-7-15-17(13)22(12)11-16(18(15)23)19(24)21-10-14-6-2-3-8-20-14/h2-8,11-12H,9-10H2,1H3,(H,21,24). The van der Waals surface area contributed by atoms with E-state index in [4.69, 9.17) is 0 Å². The van der Waals surface area contributed by atoms with E-state index in [9.17, 15) is 9.59 Å². The fraction of sp³-hybridized carbons (Fsp3) is 0.211. The lowest BCUT2D eigenvalue weighted by Crippen LogP contribution is -2.29. The minimum Gasteiger partial charge on any atom is -0.346 e. The zero-order chi connectivity index (χ0) is 16.7. The molecule has 1 amide bonds. The monoisotopic (exact) mass is 319 g/mol. The van der Waals surface area contributed by atoms with Crippen LogP contribution in [0.2, 0.25) is 0 Å². The van der Waals surface area contributed by atoms with Crippen LogP contribution in [-0.2, 0) is 13.0 Å². The summed E-state index contributed by atoms with van der Waals surface area (Å²) in [6, 6.07) is 11.5. The van der Waals surface area contributed by atoms with Crippen molar-refractivity contribution in [2.75, 3.05) is 0 Å². The van der Waals surface area contributed by atoms with Gasteiger partial charge in [-0.15, -0.1) is 0 Å². The van der Waals surface area contributed by atoms with Gasteiger partial charge in [0.05, 0.1) is 17.8 Å². The first-order valence-electron chi connectivity index (χ1n) is 8.00. The lowest BCUT2D eigenvalue weighted by molar-refractivity contribution is 0.0948. The Morgan fingerprint density at radius 3 is 2.96 bits per heavy atom. The number of hydrogen-bond acceptors (Lipinski definition) is 3. The summed E-state index contributed by atoms with van der Waals surface area (Å²) in [5.74, 6) is -0.360. The Kier molecular flexibility index (Phi) is 3.41. The molecule has 1 aliphatic rings. The molecule has 1 aliphatic heterocycles. The molecule has 2 aromatic heterocycles. The van der Waals surface area contributed by atoms with Gasteiger partial charge in [-0.25, -0.2) is 0 Å². The summed E-state index contributed by atoms with van der Waals surface area (Å²) >= 11 is 0. The van der Waals surface area contributed by atoms with E-state index < -0.39 is 0 Å². The first-order valence-corrected chi connectivity index (χ1v) is 8.00. The number of nitrogens with one attached hydrogen (secondary N) is 1. The SMILES string of the molecule is CC1Cc2cccc3c(=O)c(C(=O)NCc4ccccn4)cn1c23. The van der Waals surface area contributed by atoms with Crippen molar-refractivity contribution in [1.29, 1.82) is 0 Å². The molecule has 3 heterocycles. The summed E-state index contributed by atoms with van der Waals surface area (Å²) in [6.45, 7) is 2.40. The van der Waals surface area contributed by atoms with E-state index in [0.29, 0.717) is 11.9 Å². The molecule has 5 heteroatoms. The molecule has 3 aromatic rings. The minimum atomic E-state index is -0.360. The van der Waals surface area contributed by atoms with Crippen LogP contribution in [0.5, 0.6) is 0 Å². The second-order valence-electron chi connectivity index (χ2n) is 6.15. The Morgan fingerprint density at radius 1 is 1.29 bits per heavy atom. The van der Waals surface area contributed by atoms with Crippen LogP contribution in [0.4, 0.5) is 0 Å². The highest BCUT2D eigenvalue weighted by Crippen LogP contribution is 2.30. The predicted octanol–water partition coefficient (Wildman–Crippen LogP) is 2.44. The highest BCUT2D eigenvalue weighted by atomic mass is 16.2. The van der Waals surface area contributed by atoms with E-state index in [2.05, 4.69) is 17.2 Å². The number of aromatic nitrogens is 2. The summed E-state index contributed by atoms with van der Waals surface area (Å²) < 4.78 is 2.04. The Balaban J connectivity index is 1.72. The second kappa shape index (κ2) is 5.60. The lowest BCUT2D eigenvalue weighted by Gasteiger charge is -2.12. The van der Waals surface area contributed by atoms with Gasteiger partial charge in [-0.3, -0.25) is 14.6 Å². The molecule has 0 radical (unpaired) electrons. The van der Waals surface area contributed by atoms with Gasteiger partial charge in [0.15, 0.2) is 0 Å².